The maximum atomic E-state index is 12.9. The molecule has 1 aliphatic rings. The molecule has 0 bridgehead atoms. The molecule has 9 heteroatoms. The van der Waals surface area contributed by atoms with Crippen molar-refractivity contribution in [3.05, 3.63) is 29.3 Å². The number of aryl methyl sites for hydroxylation is 1. The average Bonchev–Trinajstić information content (AvgIpc) is 2.53. The zero-order chi connectivity index (χ0) is 18.8. The average molecular weight is 389 g/mol. The Hall–Kier alpha value is -1.45. The molecule has 2 rings (SSSR count). The first-order valence-corrected chi connectivity index (χ1v) is 11.6. The number of nitrogens with zero attached hydrogens (tertiary/aromatic N) is 1. The van der Waals surface area contributed by atoms with E-state index in [-0.39, 0.29) is 35.2 Å². The molecule has 0 aliphatic carbocycles. The van der Waals surface area contributed by atoms with Gasteiger partial charge in [-0.3, -0.25) is 0 Å². The van der Waals surface area contributed by atoms with Gasteiger partial charge in [0.2, 0.25) is 10.0 Å². The van der Waals surface area contributed by atoms with Crippen LogP contribution in [0, 0.1) is 5.92 Å². The topological polar surface area (TPSA) is 109 Å². The van der Waals surface area contributed by atoms with E-state index in [2.05, 4.69) is 0 Å². The van der Waals surface area contributed by atoms with E-state index < -0.39 is 25.8 Å². The Balaban J connectivity index is 2.25. The lowest BCUT2D eigenvalue weighted by atomic mass is 10.0. The van der Waals surface area contributed by atoms with Gasteiger partial charge in [0.05, 0.1) is 16.2 Å². The molecule has 0 saturated carbocycles. The number of rotatable bonds is 6. The van der Waals surface area contributed by atoms with E-state index >= 15 is 0 Å². The maximum absolute atomic E-state index is 12.9. The first kappa shape index (κ1) is 19.9. The Kier molecular flexibility index (Phi) is 5.90. The van der Waals surface area contributed by atoms with Gasteiger partial charge in [-0.1, -0.05) is 13.0 Å². The second kappa shape index (κ2) is 7.43. The molecule has 0 atom stereocenters. The van der Waals surface area contributed by atoms with Gasteiger partial charge >= 0.3 is 5.97 Å². The highest BCUT2D eigenvalue weighted by Gasteiger charge is 2.32. The van der Waals surface area contributed by atoms with Crippen molar-refractivity contribution in [1.29, 1.82) is 0 Å². The lowest BCUT2D eigenvalue weighted by Gasteiger charge is -2.31. The first-order valence-electron chi connectivity index (χ1n) is 8.08. The van der Waals surface area contributed by atoms with Crippen molar-refractivity contribution in [1.82, 2.24) is 4.31 Å². The molecule has 0 radical (unpaired) electrons. The number of carbonyl (C=O) groups is 1. The smallest absolute Gasteiger partial charge is 0.335 e. The van der Waals surface area contributed by atoms with E-state index in [1.54, 1.807) is 0 Å². The summed E-state index contributed by atoms with van der Waals surface area (Å²) in [5.41, 5.74) is 0.506. The lowest BCUT2D eigenvalue weighted by Crippen LogP contribution is -2.40. The minimum absolute atomic E-state index is 0.0245. The number of carboxylic acids is 1. The lowest BCUT2D eigenvalue weighted by molar-refractivity contribution is 0.0696. The molecule has 1 heterocycles. The molecule has 1 aromatic rings. The summed E-state index contributed by atoms with van der Waals surface area (Å²) in [6, 6.07) is 4.14. The fraction of sp³-hybridized carbons (Fsp3) is 0.562. The zero-order valence-electron chi connectivity index (χ0n) is 14.3. The molecule has 25 heavy (non-hydrogen) atoms. The van der Waals surface area contributed by atoms with Crippen LogP contribution in [0.25, 0.3) is 0 Å². The quantitative estimate of drug-likeness (QED) is 0.787. The number of sulfonamides is 1. The van der Waals surface area contributed by atoms with Crippen LogP contribution >= 0.6 is 0 Å². The Morgan fingerprint density at radius 2 is 1.80 bits per heavy atom. The van der Waals surface area contributed by atoms with Crippen molar-refractivity contribution in [3.63, 3.8) is 0 Å². The van der Waals surface area contributed by atoms with Crippen molar-refractivity contribution in [2.24, 2.45) is 5.92 Å². The normalized spacial score (nSPS) is 17.5. The number of hydrogen-bond acceptors (Lipinski definition) is 5. The molecule has 0 unspecified atom stereocenters. The monoisotopic (exact) mass is 389 g/mol. The zero-order valence-corrected chi connectivity index (χ0v) is 15.9. The van der Waals surface area contributed by atoms with E-state index in [9.17, 15) is 21.6 Å². The molecule has 1 aliphatic heterocycles. The van der Waals surface area contributed by atoms with Crippen LogP contribution in [0.15, 0.2) is 23.1 Å². The summed E-state index contributed by atoms with van der Waals surface area (Å²) in [6.07, 6.45) is 2.61. The van der Waals surface area contributed by atoms with Gasteiger partial charge in [-0.25, -0.2) is 21.6 Å². The number of benzene rings is 1. The van der Waals surface area contributed by atoms with Crippen molar-refractivity contribution >= 4 is 25.8 Å². The summed E-state index contributed by atoms with van der Waals surface area (Å²) in [5, 5.41) is 9.13. The summed E-state index contributed by atoms with van der Waals surface area (Å²) in [4.78, 5) is 11.2. The first-order chi connectivity index (χ1) is 11.5. The summed E-state index contributed by atoms with van der Waals surface area (Å²) in [6.45, 7) is 2.29. The predicted octanol–water partition coefficient (Wildman–Crippen LogP) is 1.39. The Bertz CT molecular complexity index is 853. The highest BCUT2D eigenvalue weighted by molar-refractivity contribution is 7.90. The highest BCUT2D eigenvalue weighted by Crippen LogP contribution is 2.27. The molecule has 0 aromatic heterocycles. The third-order valence-electron chi connectivity index (χ3n) is 4.42. The highest BCUT2D eigenvalue weighted by atomic mass is 32.2. The molecular weight excluding hydrogens is 366 g/mol. The third kappa shape index (κ3) is 4.80. The van der Waals surface area contributed by atoms with Crippen LogP contribution in [0.4, 0.5) is 0 Å². The van der Waals surface area contributed by atoms with E-state index in [0.717, 1.165) is 0 Å². The van der Waals surface area contributed by atoms with Crippen molar-refractivity contribution in [3.8, 4) is 0 Å². The molecule has 1 saturated heterocycles. The molecule has 0 amide bonds. The van der Waals surface area contributed by atoms with Gasteiger partial charge in [0.25, 0.3) is 0 Å². The molecule has 7 nitrogen and oxygen atoms in total. The molecular formula is C16H23NO6S2. The molecule has 1 N–H and O–H groups in total. The minimum Gasteiger partial charge on any atom is -0.478 e. The van der Waals surface area contributed by atoms with E-state index in [4.69, 9.17) is 5.11 Å². The van der Waals surface area contributed by atoms with E-state index in [1.807, 2.05) is 6.92 Å². The SMILES string of the molecule is CCc1ccc(C(=O)O)cc1S(=O)(=O)N1CCC(CS(C)(=O)=O)CC1. The maximum Gasteiger partial charge on any atom is 0.335 e. The van der Waals surface area contributed by atoms with Gasteiger partial charge in [0, 0.05) is 19.3 Å². The minimum atomic E-state index is -3.81. The Morgan fingerprint density at radius 1 is 1.20 bits per heavy atom. The van der Waals surface area contributed by atoms with Gasteiger partial charge in [0.15, 0.2) is 0 Å². The standard InChI is InChI=1S/C16H23NO6S2/c1-3-13-4-5-14(16(18)19)10-15(13)25(22,23)17-8-6-12(7-9-17)11-24(2,20)21/h4-5,10,12H,3,6-9,11H2,1-2H3,(H,18,19). The van der Waals surface area contributed by atoms with Crippen LogP contribution in [0.3, 0.4) is 0 Å². The summed E-state index contributed by atoms with van der Waals surface area (Å²) < 4.78 is 50.0. The van der Waals surface area contributed by atoms with E-state index in [1.165, 1.54) is 28.8 Å². The molecule has 140 valence electrons. The van der Waals surface area contributed by atoms with Crippen LogP contribution in [-0.4, -0.2) is 57.3 Å². The number of hydrogen-bond donors (Lipinski definition) is 1. The summed E-state index contributed by atoms with van der Waals surface area (Å²) in [7, 11) is -6.90. The molecule has 1 fully saturated rings. The number of piperidine rings is 1. The van der Waals surface area contributed by atoms with Crippen LogP contribution in [0.2, 0.25) is 0 Å². The second-order valence-corrected chi connectivity index (χ2v) is 10.5. The van der Waals surface area contributed by atoms with Gasteiger partial charge in [-0.2, -0.15) is 4.31 Å². The van der Waals surface area contributed by atoms with Gasteiger partial charge in [-0.05, 0) is 42.9 Å². The summed E-state index contributed by atoms with van der Waals surface area (Å²) in [5.74, 6) is -1.15. The van der Waals surface area contributed by atoms with E-state index in [0.29, 0.717) is 24.8 Å². The van der Waals surface area contributed by atoms with Gasteiger partial charge in [-0.15, -0.1) is 0 Å². The Labute approximate surface area is 148 Å². The Morgan fingerprint density at radius 3 is 2.28 bits per heavy atom. The van der Waals surface area contributed by atoms with Crippen molar-refractivity contribution in [2.75, 3.05) is 25.1 Å². The number of aromatic carboxylic acids is 1. The fourth-order valence-electron chi connectivity index (χ4n) is 3.10. The third-order valence-corrected chi connectivity index (χ3v) is 7.48. The largest absolute Gasteiger partial charge is 0.478 e. The number of carboxylic acid groups (broad SMARTS) is 1. The predicted molar refractivity (Wildman–Crippen MR) is 94.0 cm³/mol. The molecule has 1 aromatic carbocycles. The van der Waals surface area contributed by atoms with Gasteiger partial charge < -0.3 is 5.11 Å². The van der Waals surface area contributed by atoms with Crippen molar-refractivity contribution < 1.29 is 26.7 Å². The van der Waals surface area contributed by atoms with Crippen LogP contribution in [0.1, 0.15) is 35.7 Å². The number of sulfone groups is 1. The van der Waals surface area contributed by atoms with Crippen LogP contribution < -0.4 is 0 Å². The van der Waals surface area contributed by atoms with Crippen LogP contribution in [-0.2, 0) is 26.3 Å². The molecule has 0 spiro atoms. The second-order valence-electron chi connectivity index (χ2n) is 6.42. The van der Waals surface area contributed by atoms with Crippen molar-refractivity contribution in [2.45, 2.75) is 31.1 Å². The fourth-order valence-corrected chi connectivity index (χ4v) is 6.08. The van der Waals surface area contributed by atoms with Gasteiger partial charge in [0.1, 0.15) is 9.84 Å². The summed E-state index contributed by atoms with van der Waals surface area (Å²) >= 11 is 0. The van der Waals surface area contributed by atoms with Crippen LogP contribution in [0.5, 0.6) is 0 Å².